The first-order valence-electron chi connectivity index (χ1n) is 5.45. The molecule has 0 bridgehead atoms. The molecular formula is C12H16FNO. The van der Waals surface area contributed by atoms with E-state index in [1.54, 1.807) is 12.1 Å². The lowest BCUT2D eigenvalue weighted by Gasteiger charge is -2.29. The molecule has 1 fully saturated rings. The van der Waals surface area contributed by atoms with E-state index >= 15 is 0 Å². The molecule has 1 N–H and O–H groups in total. The molecule has 3 heteroatoms. The molecule has 0 spiro atoms. The van der Waals surface area contributed by atoms with Gasteiger partial charge in [-0.25, -0.2) is 4.39 Å². The van der Waals surface area contributed by atoms with Crippen molar-refractivity contribution in [2.75, 3.05) is 18.0 Å². The Morgan fingerprint density at radius 2 is 1.93 bits per heavy atom. The first-order valence-corrected chi connectivity index (χ1v) is 5.45. The Labute approximate surface area is 89.3 Å². The molecule has 0 aliphatic carbocycles. The van der Waals surface area contributed by atoms with Gasteiger partial charge in [0.2, 0.25) is 0 Å². The van der Waals surface area contributed by atoms with Crippen LogP contribution in [0.5, 0.6) is 0 Å². The summed E-state index contributed by atoms with van der Waals surface area (Å²) in [6, 6.07) is 4.98. The monoisotopic (exact) mass is 209 g/mol. The van der Waals surface area contributed by atoms with Gasteiger partial charge in [0.1, 0.15) is 5.82 Å². The van der Waals surface area contributed by atoms with Crippen molar-refractivity contribution in [1.29, 1.82) is 0 Å². The van der Waals surface area contributed by atoms with Gasteiger partial charge >= 0.3 is 0 Å². The second-order valence-corrected chi connectivity index (χ2v) is 3.99. The van der Waals surface area contributed by atoms with Crippen molar-refractivity contribution >= 4 is 5.69 Å². The van der Waals surface area contributed by atoms with Crippen molar-refractivity contribution < 1.29 is 9.50 Å². The molecule has 0 amide bonds. The molecule has 0 atom stereocenters. The van der Waals surface area contributed by atoms with Crippen molar-refractivity contribution in [2.45, 2.75) is 25.9 Å². The van der Waals surface area contributed by atoms with E-state index in [9.17, 15) is 4.39 Å². The molecule has 0 radical (unpaired) electrons. The highest BCUT2D eigenvalue weighted by molar-refractivity contribution is 5.49. The molecule has 0 aromatic heterocycles. The molecule has 1 aliphatic rings. The maximum atomic E-state index is 13.7. The molecule has 0 unspecified atom stereocenters. The lowest BCUT2D eigenvalue weighted by Crippen LogP contribution is -2.30. The molecule has 0 saturated carbocycles. The Kier molecular flexibility index (Phi) is 3.21. The minimum Gasteiger partial charge on any atom is -0.392 e. The van der Waals surface area contributed by atoms with Crippen LogP contribution >= 0.6 is 0 Å². The van der Waals surface area contributed by atoms with Crippen LogP contribution in [-0.2, 0) is 6.61 Å². The minimum absolute atomic E-state index is 0.100. The van der Waals surface area contributed by atoms with E-state index in [0.717, 1.165) is 25.9 Å². The molecule has 2 nitrogen and oxygen atoms in total. The van der Waals surface area contributed by atoms with Crippen LogP contribution in [-0.4, -0.2) is 18.2 Å². The third-order valence-electron chi connectivity index (χ3n) is 2.89. The van der Waals surface area contributed by atoms with E-state index in [2.05, 4.69) is 4.90 Å². The average Bonchev–Trinajstić information content (AvgIpc) is 2.30. The zero-order chi connectivity index (χ0) is 10.7. The highest BCUT2D eigenvalue weighted by Gasteiger charge is 2.14. The van der Waals surface area contributed by atoms with Gasteiger partial charge < -0.3 is 10.0 Å². The molecule has 2 rings (SSSR count). The summed E-state index contributed by atoms with van der Waals surface area (Å²) in [5.74, 6) is -0.219. The van der Waals surface area contributed by atoms with Crippen LogP contribution < -0.4 is 4.90 Å². The number of piperidine rings is 1. The quantitative estimate of drug-likeness (QED) is 0.808. The average molecular weight is 209 g/mol. The minimum atomic E-state index is -0.219. The molecule has 1 aromatic rings. The van der Waals surface area contributed by atoms with Crippen molar-refractivity contribution in [3.63, 3.8) is 0 Å². The van der Waals surface area contributed by atoms with E-state index in [1.165, 1.54) is 12.5 Å². The molecular weight excluding hydrogens is 193 g/mol. The van der Waals surface area contributed by atoms with Crippen LogP contribution in [0, 0.1) is 5.82 Å². The number of aliphatic hydroxyl groups excluding tert-OH is 1. The Morgan fingerprint density at radius 3 is 2.53 bits per heavy atom. The number of rotatable bonds is 2. The SMILES string of the molecule is OCc1ccc(N2CCCCC2)c(F)c1. The molecule has 1 aliphatic heterocycles. The summed E-state index contributed by atoms with van der Waals surface area (Å²) in [6.45, 7) is 1.78. The van der Waals surface area contributed by atoms with Gasteiger partial charge in [0.05, 0.1) is 12.3 Å². The summed E-state index contributed by atoms with van der Waals surface area (Å²) in [5.41, 5.74) is 1.31. The van der Waals surface area contributed by atoms with Crippen LogP contribution in [0.2, 0.25) is 0 Å². The molecule has 1 saturated heterocycles. The molecule has 15 heavy (non-hydrogen) atoms. The first kappa shape index (κ1) is 10.4. The second-order valence-electron chi connectivity index (χ2n) is 3.99. The van der Waals surface area contributed by atoms with Gasteiger partial charge in [-0.1, -0.05) is 6.07 Å². The van der Waals surface area contributed by atoms with Gasteiger partial charge in [0.15, 0.2) is 0 Å². The Morgan fingerprint density at radius 1 is 1.20 bits per heavy atom. The molecule has 1 aromatic carbocycles. The van der Waals surface area contributed by atoms with Crippen LogP contribution in [0.25, 0.3) is 0 Å². The summed E-state index contributed by atoms with van der Waals surface area (Å²) < 4.78 is 13.7. The van der Waals surface area contributed by atoms with Crippen LogP contribution in [0.4, 0.5) is 10.1 Å². The zero-order valence-corrected chi connectivity index (χ0v) is 8.75. The first-order chi connectivity index (χ1) is 7.31. The number of halogens is 1. The van der Waals surface area contributed by atoms with Crippen LogP contribution in [0.1, 0.15) is 24.8 Å². The number of hydrogen-bond donors (Lipinski definition) is 1. The topological polar surface area (TPSA) is 23.5 Å². The Hall–Kier alpha value is -1.09. The lowest BCUT2D eigenvalue weighted by molar-refractivity contribution is 0.281. The smallest absolute Gasteiger partial charge is 0.146 e. The largest absolute Gasteiger partial charge is 0.392 e. The molecule has 82 valence electrons. The van der Waals surface area contributed by atoms with Crippen molar-refractivity contribution in [2.24, 2.45) is 0 Å². The van der Waals surface area contributed by atoms with Crippen LogP contribution in [0.15, 0.2) is 18.2 Å². The van der Waals surface area contributed by atoms with Gasteiger partial charge in [-0.2, -0.15) is 0 Å². The third-order valence-corrected chi connectivity index (χ3v) is 2.89. The van der Waals surface area contributed by atoms with Gasteiger partial charge in [-0.05, 0) is 37.0 Å². The summed E-state index contributed by atoms with van der Waals surface area (Å²) in [7, 11) is 0. The molecule has 1 heterocycles. The number of hydrogen-bond acceptors (Lipinski definition) is 2. The number of aliphatic hydroxyl groups is 1. The van der Waals surface area contributed by atoms with E-state index in [4.69, 9.17) is 5.11 Å². The third kappa shape index (κ3) is 2.29. The van der Waals surface area contributed by atoms with Gasteiger partial charge in [0.25, 0.3) is 0 Å². The maximum absolute atomic E-state index is 13.7. The van der Waals surface area contributed by atoms with Gasteiger partial charge in [0, 0.05) is 13.1 Å². The van der Waals surface area contributed by atoms with Crippen molar-refractivity contribution in [3.8, 4) is 0 Å². The maximum Gasteiger partial charge on any atom is 0.146 e. The summed E-state index contributed by atoms with van der Waals surface area (Å²) in [4.78, 5) is 2.08. The fraction of sp³-hybridized carbons (Fsp3) is 0.500. The van der Waals surface area contributed by atoms with Gasteiger partial charge in [-0.15, -0.1) is 0 Å². The highest BCUT2D eigenvalue weighted by atomic mass is 19.1. The van der Waals surface area contributed by atoms with Crippen molar-refractivity contribution in [3.05, 3.63) is 29.6 Å². The summed E-state index contributed by atoms with van der Waals surface area (Å²) >= 11 is 0. The zero-order valence-electron chi connectivity index (χ0n) is 8.75. The number of anilines is 1. The van der Waals surface area contributed by atoms with E-state index in [0.29, 0.717) is 11.3 Å². The van der Waals surface area contributed by atoms with E-state index in [-0.39, 0.29) is 12.4 Å². The van der Waals surface area contributed by atoms with Crippen LogP contribution in [0.3, 0.4) is 0 Å². The number of benzene rings is 1. The van der Waals surface area contributed by atoms with E-state index < -0.39 is 0 Å². The highest BCUT2D eigenvalue weighted by Crippen LogP contribution is 2.23. The Bertz CT molecular complexity index is 334. The second kappa shape index (κ2) is 4.62. The fourth-order valence-corrected chi connectivity index (χ4v) is 2.04. The number of nitrogens with zero attached hydrogens (tertiary/aromatic N) is 1. The van der Waals surface area contributed by atoms with Gasteiger partial charge in [-0.3, -0.25) is 0 Å². The predicted octanol–water partition coefficient (Wildman–Crippen LogP) is 2.31. The standard InChI is InChI=1S/C12H16FNO/c13-11-8-10(9-15)4-5-12(11)14-6-2-1-3-7-14/h4-5,8,15H,1-3,6-7,9H2. The summed E-state index contributed by atoms with van der Waals surface area (Å²) in [5, 5.41) is 8.88. The summed E-state index contributed by atoms with van der Waals surface area (Å²) in [6.07, 6.45) is 3.52. The normalized spacial score (nSPS) is 16.8. The van der Waals surface area contributed by atoms with E-state index in [1.807, 2.05) is 0 Å². The van der Waals surface area contributed by atoms with Crippen molar-refractivity contribution in [1.82, 2.24) is 0 Å². The Balaban J connectivity index is 2.19. The lowest BCUT2D eigenvalue weighted by atomic mass is 10.1. The predicted molar refractivity (Wildman–Crippen MR) is 58.4 cm³/mol. The fourth-order valence-electron chi connectivity index (χ4n) is 2.04.